The predicted molar refractivity (Wildman–Crippen MR) is 62.9 cm³/mol. The number of methoxy groups -OCH3 is 1. The number of aldehydes is 1. The molecular weight excluding hydrogens is 238 g/mol. The van der Waals surface area contributed by atoms with Crippen molar-refractivity contribution in [1.82, 2.24) is 4.90 Å². The summed E-state index contributed by atoms with van der Waals surface area (Å²) in [6, 6.07) is 0. The minimum Gasteiger partial charge on any atom is -0.468 e. The first-order valence-corrected chi connectivity index (χ1v) is 5.77. The van der Waals surface area contributed by atoms with Crippen molar-refractivity contribution in [3.8, 4) is 0 Å². The van der Waals surface area contributed by atoms with Crippen LogP contribution in [0.25, 0.3) is 0 Å². The van der Waals surface area contributed by atoms with Crippen LogP contribution in [0.15, 0.2) is 0 Å². The molecule has 1 rings (SSSR count). The van der Waals surface area contributed by atoms with E-state index in [0.29, 0.717) is 12.8 Å². The fourth-order valence-electron chi connectivity index (χ4n) is 1.83. The van der Waals surface area contributed by atoms with E-state index in [-0.39, 0.29) is 13.0 Å². The molecule has 102 valence electrons. The number of rotatable bonds is 2. The highest BCUT2D eigenvalue weighted by Gasteiger charge is 2.48. The molecule has 0 aromatic carbocycles. The predicted octanol–water partition coefficient (Wildman–Crippen LogP) is 0.985. The van der Waals surface area contributed by atoms with Crippen molar-refractivity contribution in [1.29, 1.82) is 0 Å². The Kier molecular flexibility index (Phi) is 3.98. The molecule has 1 unspecified atom stereocenters. The molecule has 1 heterocycles. The van der Waals surface area contributed by atoms with Crippen LogP contribution in [0.4, 0.5) is 4.79 Å². The maximum absolute atomic E-state index is 11.8. The molecule has 0 spiro atoms. The van der Waals surface area contributed by atoms with E-state index in [1.54, 1.807) is 20.8 Å². The van der Waals surface area contributed by atoms with Crippen LogP contribution < -0.4 is 0 Å². The Morgan fingerprint density at radius 1 is 1.33 bits per heavy atom. The fourth-order valence-corrected chi connectivity index (χ4v) is 1.83. The van der Waals surface area contributed by atoms with Gasteiger partial charge in [-0.05, 0) is 27.2 Å². The standard InChI is InChI=1S/C12H19NO5/c1-11(2,3)18-10(16)13-6-5-12(7-13,8-14)9(15)17-4/h8H,5-7H2,1-4H3. The topological polar surface area (TPSA) is 72.9 Å². The van der Waals surface area contributed by atoms with Crippen molar-refractivity contribution in [3.63, 3.8) is 0 Å². The third kappa shape index (κ3) is 3.00. The Bertz CT molecular complexity index is 360. The molecule has 0 aliphatic carbocycles. The van der Waals surface area contributed by atoms with Crippen LogP contribution in [0.5, 0.6) is 0 Å². The third-order valence-electron chi connectivity index (χ3n) is 2.77. The molecule has 1 aliphatic rings. The van der Waals surface area contributed by atoms with Gasteiger partial charge in [-0.3, -0.25) is 4.79 Å². The van der Waals surface area contributed by atoms with Crippen molar-refractivity contribution in [2.75, 3.05) is 20.2 Å². The molecule has 1 fully saturated rings. The van der Waals surface area contributed by atoms with E-state index in [1.165, 1.54) is 12.0 Å². The number of hydrogen-bond acceptors (Lipinski definition) is 5. The molecule has 0 saturated carbocycles. The number of amides is 1. The van der Waals surface area contributed by atoms with Crippen molar-refractivity contribution < 1.29 is 23.9 Å². The van der Waals surface area contributed by atoms with Gasteiger partial charge in [0.05, 0.1) is 7.11 Å². The van der Waals surface area contributed by atoms with Crippen molar-refractivity contribution in [2.24, 2.45) is 5.41 Å². The Balaban J connectivity index is 2.73. The number of ether oxygens (including phenoxy) is 2. The highest BCUT2D eigenvalue weighted by Crippen LogP contribution is 2.30. The molecule has 0 aromatic heterocycles. The van der Waals surface area contributed by atoms with E-state index in [0.717, 1.165) is 0 Å². The Hall–Kier alpha value is -1.59. The van der Waals surface area contributed by atoms with Crippen molar-refractivity contribution >= 4 is 18.3 Å². The third-order valence-corrected chi connectivity index (χ3v) is 2.77. The summed E-state index contributed by atoms with van der Waals surface area (Å²) in [5.41, 5.74) is -1.85. The van der Waals surface area contributed by atoms with Crippen LogP contribution in [0, 0.1) is 5.41 Å². The lowest BCUT2D eigenvalue weighted by Gasteiger charge is -2.25. The molecular formula is C12H19NO5. The summed E-state index contributed by atoms with van der Waals surface area (Å²) >= 11 is 0. The summed E-state index contributed by atoms with van der Waals surface area (Å²) < 4.78 is 9.80. The van der Waals surface area contributed by atoms with Gasteiger partial charge in [0, 0.05) is 13.1 Å². The van der Waals surface area contributed by atoms with Crippen LogP contribution in [-0.4, -0.2) is 49.0 Å². The maximum atomic E-state index is 11.8. The first-order chi connectivity index (χ1) is 8.24. The SMILES string of the molecule is COC(=O)C1(C=O)CCN(C(=O)OC(C)(C)C)C1. The van der Waals surface area contributed by atoms with E-state index >= 15 is 0 Å². The van der Waals surface area contributed by atoms with Gasteiger partial charge >= 0.3 is 12.1 Å². The minimum atomic E-state index is -1.24. The second-order valence-electron chi connectivity index (χ2n) is 5.42. The summed E-state index contributed by atoms with van der Waals surface area (Å²) in [7, 11) is 1.23. The zero-order valence-corrected chi connectivity index (χ0v) is 11.2. The van der Waals surface area contributed by atoms with Crippen LogP contribution in [0.2, 0.25) is 0 Å². The Labute approximate surface area is 106 Å². The monoisotopic (exact) mass is 257 g/mol. The van der Waals surface area contributed by atoms with Gasteiger partial charge in [-0.25, -0.2) is 4.79 Å². The zero-order valence-electron chi connectivity index (χ0n) is 11.2. The van der Waals surface area contributed by atoms with Gasteiger partial charge in [0.2, 0.25) is 0 Å². The first kappa shape index (κ1) is 14.5. The molecule has 1 amide bonds. The molecule has 6 nitrogen and oxygen atoms in total. The van der Waals surface area contributed by atoms with Gasteiger partial charge in [0.15, 0.2) is 0 Å². The van der Waals surface area contributed by atoms with Gasteiger partial charge in [-0.15, -0.1) is 0 Å². The van der Waals surface area contributed by atoms with Gasteiger partial charge in [0.1, 0.15) is 17.3 Å². The largest absolute Gasteiger partial charge is 0.468 e. The van der Waals surface area contributed by atoms with E-state index < -0.39 is 23.1 Å². The quantitative estimate of drug-likeness (QED) is 0.419. The van der Waals surface area contributed by atoms with Crippen LogP contribution in [0.1, 0.15) is 27.2 Å². The molecule has 0 radical (unpaired) electrons. The summed E-state index contributed by atoms with van der Waals surface area (Å²) in [6.45, 7) is 5.59. The van der Waals surface area contributed by atoms with E-state index in [2.05, 4.69) is 4.74 Å². The van der Waals surface area contributed by atoms with E-state index in [1.807, 2.05) is 0 Å². The molecule has 1 aliphatic heterocycles. The van der Waals surface area contributed by atoms with Crippen LogP contribution in [0.3, 0.4) is 0 Å². The molecule has 6 heteroatoms. The number of nitrogens with zero attached hydrogens (tertiary/aromatic N) is 1. The molecule has 0 bridgehead atoms. The normalized spacial score (nSPS) is 23.7. The second-order valence-corrected chi connectivity index (χ2v) is 5.42. The second kappa shape index (κ2) is 4.96. The molecule has 0 aromatic rings. The number of carbonyl (C=O) groups is 3. The number of likely N-dealkylation sites (tertiary alicyclic amines) is 1. The maximum Gasteiger partial charge on any atom is 0.410 e. The lowest BCUT2D eigenvalue weighted by molar-refractivity contribution is -0.153. The number of carbonyl (C=O) groups excluding carboxylic acids is 3. The van der Waals surface area contributed by atoms with Crippen LogP contribution >= 0.6 is 0 Å². The van der Waals surface area contributed by atoms with E-state index in [4.69, 9.17) is 4.74 Å². The minimum absolute atomic E-state index is 0.0120. The van der Waals surface area contributed by atoms with Crippen molar-refractivity contribution in [2.45, 2.75) is 32.8 Å². The Morgan fingerprint density at radius 3 is 2.39 bits per heavy atom. The molecule has 0 N–H and O–H groups in total. The molecule has 1 atom stereocenters. The number of hydrogen-bond donors (Lipinski definition) is 0. The fraction of sp³-hybridized carbons (Fsp3) is 0.750. The lowest BCUT2D eigenvalue weighted by Crippen LogP contribution is -2.40. The van der Waals surface area contributed by atoms with E-state index in [9.17, 15) is 14.4 Å². The summed E-state index contributed by atoms with van der Waals surface area (Å²) in [4.78, 5) is 35.9. The highest BCUT2D eigenvalue weighted by molar-refractivity contribution is 5.94. The molecule has 18 heavy (non-hydrogen) atoms. The Morgan fingerprint density at radius 2 is 1.94 bits per heavy atom. The first-order valence-electron chi connectivity index (χ1n) is 5.77. The van der Waals surface area contributed by atoms with Gasteiger partial charge in [-0.2, -0.15) is 0 Å². The average Bonchev–Trinajstić information content (AvgIpc) is 2.71. The summed E-state index contributed by atoms with van der Waals surface area (Å²) in [6.07, 6.45) is 0.307. The van der Waals surface area contributed by atoms with Crippen molar-refractivity contribution in [3.05, 3.63) is 0 Å². The summed E-state index contributed by atoms with van der Waals surface area (Å²) in [5, 5.41) is 0. The summed E-state index contributed by atoms with van der Waals surface area (Å²) in [5.74, 6) is -0.608. The van der Waals surface area contributed by atoms with Gasteiger partial charge < -0.3 is 19.2 Å². The van der Waals surface area contributed by atoms with Gasteiger partial charge in [0.25, 0.3) is 0 Å². The number of esters is 1. The molecule has 1 saturated heterocycles. The van der Waals surface area contributed by atoms with Gasteiger partial charge in [-0.1, -0.05) is 0 Å². The zero-order chi connectivity index (χ0) is 14.0. The highest BCUT2D eigenvalue weighted by atomic mass is 16.6. The average molecular weight is 257 g/mol. The van der Waals surface area contributed by atoms with Crippen LogP contribution in [-0.2, 0) is 19.1 Å². The smallest absolute Gasteiger partial charge is 0.410 e. The lowest BCUT2D eigenvalue weighted by atomic mass is 9.89.